The molecule has 0 aliphatic rings. The molecule has 7 heteroatoms. The molecule has 0 aliphatic heterocycles. The molecule has 158 valence electrons. The van der Waals surface area contributed by atoms with Gasteiger partial charge in [0, 0.05) is 7.05 Å². The molecule has 1 amide bonds. The molecule has 6 nitrogen and oxygen atoms in total. The van der Waals surface area contributed by atoms with Crippen molar-refractivity contribution in [2.75, 3.05) is 17.6 Å². The highest BCUT2D eigenvalue weighted by molar-refractivity contribution is 7.92. The summed E-state index contributed by atoms with van der Waals surface area (Å²) in [5.41, 5.74) is 3.89. The first kappa shape index (κ1) is 22.7. The van der Waals surface area contributed by atoms with Crippen molar-refractivity contribution in [1.82, 2.24) is 5.32 Å². The summed E-state index contributed by atoms with van der Waals surface area (Å²) >= 11 is 0. The van der Waals surface area contributed by atoms with Crippen LogP contribution >= 0.6 is 0 Å². The van der Waals surface area contributed by atoms with Gasteiger partial charge in [0.15, 0.2) is 6.10 Å². The summed E-state index contributed by atoms with van der Waals surface area (Å²) in [4.78, 5) is 12.7. The van der Waals surface area contributed by atoms with Gasteiger partial charge in [-0.3, -0.25) is 9.10 Å². The SMILES string of the molecule is CC[C@@H](Oc1ccc(N(C)S(C)(=O)=O)cc1)C(=O)N[C@@H](C)c1cc(C)ccc1C. The van der Waals surface area contributed by atoms with Crippen LogP contribution in [-0.4, -0.2) is 33.7 Å². The number of benzene rings is 2. The first-order valence-corrected chi connectivity index (χ1v) is 11.5. The third-order valence-electron chi connectivity index (χ3n) is 4.90. The van der Waals surface area contributed by atoms with Gasteiger partial charge in [0.2, 0.25) is 10.0 Å². The fourth-order valence-corrected chi connectivity index (χ4v) is 3.53. The van der Waals surface area contributed by atoms with Crippen molar-refractivity contribution in [1.29, 1.82) is 0 Å². The van der Waals surface area contributed by atoms with E-state index in [1.54, 1.807) is 24.3 Å². The van der Waals surface area contributed by atoms with Gasteiger partial charge < -0.3 is 10.1 Å². The Bertz CT molecular complexity index is 955. The minimum absolute atomic E-state index is 0.133. The number of rotatable bonds is 8. The number of hydrogen-bond donors (Lipinski definition) is 1. The number of carbonyl (C=O) groups is 1. The molecule has 0 aliphatic carbocycles. The predicted molar refractivity (Wildman–Crippen MR) is 117 cm³/mol. The zero-order chi connectivity index (χ0) is 21.8. The summed E-state index contributed by atoms with van der Waals surface area (Å²) in [7, 11) is -1.84. The van der Waals surface area contributed by atoms with Gasteiger partial charge in [-0.25, -0.2) is 8.42 Å². The Morgan fingerprint density at radius 2 is 1.76 bits per heavy atom. The molecule has 2 aromatic carbocycles. The van der Waals surface area contributed by atoms with Gasteiger partial charge in [-0.2, -0.15) is 0 Å². The van der Waals surface area contributed by atoms with Crippen LogP contribution < -0.4 is 14.4 Å². The number of anilines is 1. The Morgan fingerprint density at radius 1 is 1.14 bits per heavy atom. The van der Waals surface area contributed by atoms with E-state index >= 15 is 0 Å². The second-order valence-corrected chi connectivity index (χ2v) is 9.34. The molecule has 29 heavy (non-hydrogen) atoms. The van der Waals surface area contributed by atoms with Crippen LogP contribution in [0.15, 0.2) is 42.5 Å². The molecule has 0 saturated carbocycles. The lowest BCUT2D eigenvalue weighted by Crippen LogP contribution is -2.39. The van der Waals surface area contributed by atoms with Crippen molar-refractivity contribution in [3.8, 4) is 5.75 Å². The average molecular weight is 419 g/mol. The molecule has 0 saturated heterocycles. The minimum atomic E-state index is -3.33. The van der Waals surface area contributed by atoms with E-state index in [9.17, 15) is 13.2 Å². The maximum atomic E-state index is 12.7. The molecule has 0 unspecified atom stereocenters. The van der Waals surface area contributed by atoms with Crippen LogP contribution in [0.5, 0.6) is 5.75 Å². The Hall–Kier alpha value is -2.54. The Labute approximate surface area is 173 Å². The monoisotopic (exact) mass is 418 g/mol. The topological polar surface area (TPSA) is 75.7 Å². The predicted octanol–water partition coefficient (Wildman–Crippen LogP) is 3.73. The average Bonchev–Trinajstić information content (AvgIpc) is 2.66. The standard InChI is InChI=1S/C22H30N2O4S/c1-7-21(22(25)23-17(4)20-14-15(2)8-9-16(20)3)28-19-12-10-18(11-13-19)24(5)29(6,26)27/h8-14,17,21H,7H2,1-6H3,(H,23,25)/t17-,21+/m0/s1. The molecule has 1 N–H and O–H groups in total. The zero-order valence-corrected chi connectivity index (χ0v) is 18.7. The van der Waals surface area contributed by atoms with E-state index in [2.05, 4.69) is 23.5 Å². The van der Waals surface area contributed by atoms with E-state index in [-0.39, 0.29) is 11.9 Å². The van der Waals surface area contributed by atoms with Crippen LogP contribution in [0.4, 0.5) is 5.69 Å². The summed E-state index contributed by atoms with van der Waals surface area (Å²) in [5.74, 6) is 0.329. The van der Waals surface area contributed by atoms with Crippen molar-refractivity contribution < 1.29 is 17.9 Å². The summed E-state index contributed by atoms with van der Waals surface area (Å²) in [5, 5.41) is 3.03. The quantitative estimate of drug-likeness (QED) is 0.709. The molecule has 0 radical (unpaired) electrons. The van der Waals surface area contributed by atoms with Crippen LogP contribution in [-0.2, 0) is 14.8 Å². The third kappa shape index (κ3) is 5.97. The first-order chi connectivity index (χ1) is 13.5. The highest BCUT2D eigenvalue weighted by atomic mass is 32.2. The highest BCUT2D eigenvalue weighted by Crippen LogP contribution is 2.23. The second-order valence-electron chi connectivity index (χ2n) is 7.33. The smallest absolute Gasteiger partial charge is 0.261 e. The van der Waals surface area contributed by atoms with Crippen molar-refractivity contribution in [2.45, 2.75) is 46.3 Å². The van der Waals surface area contributed by atoms with Gasteiger partial charge in [0.05, 0.1) is 18.0 Å². The van der Waals surface area contributed by atoms with Gasteiger partial charge >= 0.3 is 0 Å². The molecule has 0 heterocycles. The van der Waals surface area contributed by atoms with Crippen molar-refractivity contribution >= 4 is 21.6 Å². The Morgan fingerprint density at radius 3 is 2.31 bits per heavy atom. The van der Waals surface area contributed by atoms with Crippen molar-refractivity contribution in [3.63, 3.8) is 0 Å². The number of ether oxygens (including phenoxy) is 1. The number of sulfonamides is 1. The summed E-state index contributed by atoms with van der Waals surface area (Å²) in [6.07, 6.45) is 1.02. The van der Waals surface area contributed by atoms with Gasteiger partial charge in [-0.1, -0.05) is 30.7 Å². The van der Waals surface area contributed by atoms with Crippen LogP contribution in [0.25, 0.3) is 0 Å². The fourth-order valence-electron chi connectivity index (χ4n) is 3.02. The Balaban J connectivity index is 2.07. The number of hydrogen-bond acceptors (Lipinski definition) is 4. The highest BCUT2D eigenvalue weighted by Gasteiger charge is 2.21. The lowest BCUT2D eigenvalue weighted by Gasteiger charge is -2.22. The van der Waals surface area contributed by atoms with E-state index in [0.29, 0.717) is 17.9 Å². The number of carbonyl (C=O) groups excluding carboxylic acids is 1. The normalized spacial score (nSPS) is 13.4. The minimum Gasteiger partial charge on any atom is -0.481 e. The van der Waals surface area contributed by atoms with Gasteiger partial charge in [0.1, 0.15) is 5.75 Å². The van der Waals surface area contributed by atoms with Crippen molar-refractivity contribution in [2.24, 2.45) is 0 Å². The molecule has 0 aromatic heterocycles. The van der Waals surface area contributed by atoms with E-state index in [4.69, 9.17) is 4.74 Å². The second kappa shape index (κ2) is 9.31. The maximum absolute atomic E-state index is 12.7. The zero-order valence-electron chi connectivity index (χ0n) is 17.9. The summed E-state index contributed by atoms with van der Waals surface area (Å²) in [6.45, 7) is 7.90. The lowest BCUT2D eigenvalue weighted by molar-refractivity contribution is -0.128. The van der Waals surface area contributed by atoms with Crippen molar-refractivity contribution in [3.05, 3.63) is 59.2 Å². The summed E-state index contributed by atoms with van der Waals surface area (Å²) in [6, 6.07) is 12.7. The van der Waals surface area contributed by atoms with E-state index < -0.39 is 16.1 Å². The first-order valence-electron chi connectivity index (χ1n) is 9.61. The van der Waals surface area contributed by atoms with Crippen LogP contribution in [0.3, 0.4) is 0 Å². The van der Waals surface area contributed by atoms with E-state index in [1.165, 1.54) is 11.4 Å². The molecule has 2 aromatic rings. The lowest BCUT2D eigenvalue weighted by atomic mass is 10.00. The van der Waals surface area contributed by atoms with Crippen LogP contribution in [0, 0.1) is 13.8 Å². The fraction of sp³-hybridized carbons (Fsp3) is 0.409. The van der Waals surface area contributed by atoms with Crippen LogP contribution in [0.2, 0.25) is 0 Å². The van der Waals surface area contributed by atoms with Gasteiger partial charge in [-0.05, 0) is 62.6 Å². The maximum Gasteiger partial charge on any atom is 0.261 e. The number of aryl methyl sites for hydroxylation is 2. The van der Waals surface area contributed by atoms with Gasteiger partial charge in [-0.15, -0.1) is 0 Å². The molecule has 0 fully saturated rings. The molecule has 0 spiro atoms. The summed E-state index contributed by atoms with van der Waals surface area (Å²) < 4.78 is 30.3. The molecule has 2 rings (SSSR count). The Kier molecular flexibility index (Phi) is 7.30. The largest absolute Gasteiger partial charge is 0.481 e. The van der Waals surface area contributed by atoms with E-state index in [0.717, 1.165) is 22.9 Å². The van der Waals surface area contributed by atoms with Gasteiger partial charge in [0.25, 0.3) is 5.91 Å². The van der Waals surface area contributed by atoms with Crippen LogP contribution in [0.1, 0.15) is 43.0 Å². The number of nitrogens with one attached hydrogen (secondary N) is 1. The van der Waals surface area contributed by atoms with E-state index in [1.807, 2.05) is 27.7 Å². The third-order valence-corrected chi connectivity index (χ3v) is 6.11. The molecular formula is C22H30N2O4S. The molecule has 2 atom stereocenters. The molecular weight excluding hydrogens is 388 g/mol. The number of amides is 1. The molecule has 0 bridgehead atoms. The number of nitrogens with zero attached hydrogens (tertiary/aromatic N) is 1.